The van der Waals surface area contributed by atoms with Crippen molar-refractivity contribution < 1.29 is 10.0 Å². The molecule has 0 saturated heterocycles. The predicted octanol–water partition coefficient (Wildman–Crippen LogP) is 8.58. The molecule has 3 heteroatoms. The smallest absolute Gasteiger partial charge is 0.122 e. The topological polar surface area (TPSA) is 43.3 Å². The van der Waals surface area contributed by atoms with Gasteiger partial charge in [0.25, 0.3) is 0 Å². The first kappa shape index (κ1) is 27.1. The Morgan fingerprint density at radius 1 is 0.700 bits per heavy atom. The van der Waals surface area contributed by atoms with E-state index < -0.39 is 4.81 Å². The number of nitrogens with zero attached hydrogens (tertiary/aromatic N) is 1. The lowest BCUT2D eigenvalue weighted by molar-refractivity contribution is -1.08. The van der Waals surface area contributed by atoms with Crippen molar-refractivity contribution >= 4 is 0 Å². The van der Waals surface area contributed by atoms with E-state index in [1.165, 1.54) is 89.9 Å². The molecule has 1 rings (SSSR count). The van der Waals surface area contributed by atoms with Crippen LogP contribution in [0.15, 0.2) is 30.3 Å². The molecule has 3 nitrogen and oxygen atoms in total. The molecule has 174 valence electrons. The summed E-state index contributed by atoms with van der Waals surface area (Å²) in [5.74, 6) is 0. The summed E-state index contributed by atoms with van der Waals surface area (Å²) in [7, 11) is 0. The predicted molar refractivity (Wildman–Crippen MR) is 129 cm³/mol. The number of hydroxylamine groups is 4. The van der Waals surface area contributed by atoms with Gasteiger partial charge in [0.15, 0.2) is 0 Å². The summed E-state index contributed by atoms with van der Waals surface area (Å²) in [4.78, 5) is -1.10. The van der Waals surface area contributed by atoms with Crippen molar-refractivity contribution in [2.75, 3.05) is 6.54 Å². The van der Waals surface area contributed by atoms with Gasteiger partial charge in [0, 0.05) is 12.8 Å². The van der Waals surface area contributed by atoms with Crippen molar-refractivity contribution in [1.82, 2.24) is 0 Å². The van der Waals surface area contributed by atoms with Gasteiger partial charge in [-0.3, -0.25) is 0 Å². The third kappa shape index (κ3) is 13.4. The summed E-state index contributed by atoms with van der Waals surface area (Å²) in [6.07, 6.45) is 21.7. The molecule has 1 aromatic carbocycles. The van der Waals surface area contributed by atoms with E-state index in [1.54, 1.807) is 6.92 Å². The first-order valence-electron chi connectivity index (χ1n) is 13.0. The van der Waals surface area contributed by atoms with E-state index in [1.807, 2.05) is 18.2 Å². The van der Waals surface area contributed by atoms with E-state index in [4.69, 9.17) is 0 Å². The van der Waals surface area contributed by atoms with Crippen LogP contribution in [0.25, 0.3) is 0 Å². The van der Waals surface area contributed by atoms with E-state index in [0.29, 0.717) is 6.42 Å². The zero-order chi connectivity index (χ0) is 21.9. The highest BCUT2D eigenvalue weighted by molar-refractivity contribution is 5.15. The maximum absolute atomic E-state index is 12.4. The molecule has 30 heavy (non-hydrogen) atoms. The van der Waals surface area contributed by atoms with E-state index in [0.717, 1.165) is 18.4 Å². The van der Waals surface area contributed by atoms with Crippen LogP contribution in [0.2, 0.25) is 0 Å². The average molecular weight is 420 g/mol. The molecule has 0 bridgehead atoms. The fraction of sp³-hybridized carbons (Fsp3) is 0.778. The highest BCUT2D eigenvalue weighted by Crippen LogP contribution is 2.21. The van der Waals surface area contributed by atoms with E-state index in [9.17, 15) is 10.4 Å². The Kier molecular flexibility index (Phi) is 16.1. The van der Waals surface area contributed by atoms with Gasteiger partial charge in [-0.2, -0.15) is 0 Å². The molecular formula is C27H49NO2. The van der Waals surface area contributed by atoms with Crippen LogP contribution in [-0.2, 0) is 6.42 Å². The van der Waals surface area contributed by atoms with Gasteiger partial charge in [0.2, 0.25) is 0 Å². The molecule has 0 heterocycles. The van der Waals surface area contributed by atoms with Crippen molar-refractivity contribution in [3.05, 3.63) is 41.1 Å². The first-order chi connectivity index (χ1) is 14.6. The van der Waals surface area contributed by atoms with E-state index >= 15 is 0 Å². The average Bonchev–Trinajstić information content (AvgIpc) is 2.76. The molecule has 0 fully saturated rings. The van der Waals surface area contributed by atoms with Gasteiger partial charge in [0.05, 0.1) is 0 Å². The van der Waals surface area contributed by atoms with Gasteiger partial charge >= 0.3 is 0 Å². The molecule has 0 aliphatic heterocycles. The van der Waals surface area contributed by atoms with Gasteiger partial charge in [-0.1, -0.05) is 127 Å². The van der Waals surface area contributed by atoms with Crippen LogP contribution < -0.4 is 0 Å². The number of hydrogen-bond donors (Lipinski definition) is 1. The fourth-order valence-electron chi connectivity index (χ4n) is 4.34. The lowest BCUT2D eigenvalue weighted by Gasteiger charge is -2.40. The summed E-state index contributed by atoms with van der Waals surface area (Å²) in [5.41, 5.74) is 1.14. The van der Waals surface area contributed by atoms with Gasteiger partial charge in [-0.25, -0.2) is 10.0 Å². The molecule has 2 atom stereocenters. The molecule has 2 unspecified atom stereocenters. The third-order valence-corrected chi connectivity index (χ3v) is 6.48. The minimum atomic E-state index is -1.10. The molecule has 0 spiro atoms. The minimum absolute atomic E-state index is 0.218. The van der Waals surface area contributed by atoms with Gasteiger partial charge in [-0.05, 0) is 18.9 Å². The number of quaternary nitrogens is 1. The summed E-state index contributed by atoms with van der Waals surface area (Å²) in [6.45, 7) is 4.27. The summed E-state index contributed by atoms with van der Waals surface area (Å²) in [6, 6.07) is 9.85. The molecule has 0 aromatic heterocycles. The number of likely N-dealkylation sites (N-methyl/N-ethyl adjacent to an activating group) is 1. The highest BCUT2D eigenvalue weighted by atomic mass is 16.8. The van der Waals surface area contributed by atoms with Crippen LogP contribution in [0.1, 0.15) is 122 Å². The highest BCUT2D eigenvalue weighted by Gasteiger charge is 2.26. The Balaban J connectivity index is 2.03. The van der Waals surface area contributed by atoms with E-state index in [-0.39, 0.29) is 12.6 Å². The van der Waals surface area contributed by atoms with Crippen LogP contribution in [0, 0.1) is 5.21 Å². The largest absolute Gasteiger partial charge is 0.598 e. The van der Waals surface area contributed by atoms with Crippen LogP contribution in [0.4, 0.5) is 0 Å². The van der Waals surface area contributed by atoms with Crippen molar-refractivity contribution in [3.8, 4) is 0 Å². The molecule has 0 aliphatic carbocycles. The molecule has 0 aliphatic rings. The Morgan fingerprint density at radius 3 is 1.57 bits per heavy atom. The second-order valence-corrected chi connectivity index (χ2v) is 9.15. The molecule has 0 radical (unpaired) electrons. The quantitative estimate of drug-likeness (QED) is 0.131. The van der Waals surface area contributed by atoms with Crippen LogP contribution >= 0.6 is 0 Å². The summed E-state index contributed by atoms with van der Waals surface area (Å²) >= 11 is 0. The Bertz CT molecular complexity index is 489. The second kappa shape index (κ2) is 17.7. The molecule has 0 amide bonds. The van der Waals surface area contributed by atoms with Gasteiger partial charge in [-0.15, -0.1) is 0 Å². The van der Waals surface area contributed by atoms with Crippen LogP contribution in [-0.4, -0.2) is 22.6 Å². The number of rotatable bonds is 20. The van der Waals surface area contributed by atoms with Crippen molar-refractivity contribution in [1.29, 1.82) is 0 Å². The Morgan fingerprint density at radius 2 is 1.13 bits per heavy atom. The zero-order valence-electron chi connectivity index (χ0n) is 20.0. The van der Waals surface area contributed by atoms with Crippen molar-refractivity contribution in [3.63, 3.8) is 0 Å². The lowest BCUT2D eigenvalue weighted by Crippen LogP contribution is -2.48. The van der Waals surface area contributed by atoms with Gasteiger partial charge in [0.1, 0.15) is 12.6 Å². The number of unbranched alkanes of at least 4 members (excludes halogenated alkanes) is 14. The second-order valence-electron chi connectivity index (χ2n) is 9.15. The minimum Gasteiger partial charge on any atom is -0.598 e. The maximum Gasteiger partial charge on any atom is 0.122 e. The van der Waals surface area contributed by atoms with Crippen LogP contribution in [0.5, 0.6) is 0 Å². The molecule has 0 saturated carbocycles. The summed E-state index contributed by atoms with van der Waals surface area (Å²) < 4.78 is 0. The normalized spacial score (nSPS) is 14.5. The molecule has 1 N–H and O–H groups in total. The van der Waals surface area contributed by atoms with Crippen molar-refractivity contribution in [2.24, 2.45) is 0 Å². The monoisotopic (exact) mass is 419 g/mol. The molecule has 1 aromatic rings. The summed E-state index contributed by atoms with van der Waals surface area (Å²) in [5, 5.41) is 22.7. The number of benzene rings is 1. The fourth-order valence-corrected chi connectivity index (χ4v) is 4.34. The first-order valence-corrected chi connectivity index (χ1v) is 13.0. The Labute approximate surface area is 187 Å². The Hall–Kier alpha value is -0.900. The maximum atomic E-state index is 12.4. The van der Waals surface area contributed by atoms with Crippen molar-refractivity contribution in [2.45, 2.75) is 129 Å². The molecular weight excluding hydrogens is 370 g/mol. The van der Waals surface area contributed by atoms with E-state index in [2.05, 4.69) is 19.1 Å². The number of hydrogen-bond acceptors (Lipinski definition) is 2. The standard InChI is InChI=1S/C27H49NO2/c1-3-5-6-7-8-9-10-11-12-13-14-15-16-17-21-24-27(28(29,30)4-2)25-26-22-19-18-20-23-26/h18-20,22-23,27,29H,3-17,21,24-25H2,1-2H3. The lowest BCUT2D eigenvalue weighted by atomic mass is 9.98. The zero-order valence-corrected chi connectivity index (χ0v) is 20.0. The van der Waals surface area contributed by atoms with Crippen LogP contribution in [0.3, 0.4) is 0 Å². The SMILES string of the molecule is CCCCCCCCCCCCCCCCCC(Cc1ccccc1)[N+]([O-])(O)CC. The van der Waals surface area contributed by atoms with Gasteiger partial charge < -0.3 is 5.21 Å². The third-order valence-electron chi connectivity index (χ3n) is 6.48.